The van der Waals surface area contributed by atoms with Crippen LogP contribution in [0.4, 0.5) is 0 Å². The van der Waals surface area contributed by atoms with Gasteiger partial charge >= 0.3 is 0 Å². The van der Waals surface area contributed by atoms with Gasteiger partial charge in [-0.05, 0) is 13.0 Å². The molecule has 0 saturated carbocycles. The highest BCUT2D eigenvalue weighted by Gasteiger charge is 1.98. The monoisotopic (exact) mass is 183 g/mol. The molecule has 0 saturated heterocycles. The first kappa shape index (κ1) is 10.2. The molecule has 4 heteroatoms. The molecule has 0 bridgehead atoms. The highest BCUT2D eigenvalue weighted by atomic mass is 16.3. The van der Waals surface area contributed by atoms with Gasteiger partial charge < -0.3 is 10.4 Å². The number of aliphatic hydroxyl groups excluding tert-OH is 1. The SMILES string of the molecule is C[C@@H](O)CNCCc1ccnn1C. The highest BCUT2D eigenvalue weighted by molar-refractivity contribution is 5.00. The summed E-state index contributed by atoms with van der Waals surface area (Å²) in [6, 6.07) is 2.00. The van der Waals surface area contributed by atoms with E-state index in [0.717, 1.165) is 13.0 Å². The van der Waals surface area contributed by atoms with Crippen LogP contribution in [0.1, 0.15) is 12.6 Å². The van der Waals surface area contributed by atoms with E-state index in [9.17, 15) is 0 Å². The van der Waals surface area contributed by atoms with Gasteiger partial charge in [-0.15, -0.1) is 0 Å². The van der Waals surface area contributed by atoms with Crippen molar-refractivity contribution in [2.45, 2.75) is 19.4 Å². The van der Waals surface area contributed by atoms with Crippen LogP contribution in [0.3, 0.4) is 0 Å². The van der Waals surface area contributed by atoms with E-state index in [1.54, 1.807) is 13.1 Å². The third kappa shape index (κ3) is 3.57. The molecule has 0 amide bonds. The molecule has 0 fully saturated rings. The van der Waals surface area contributed by atoms with Crippen LogP contribution >= 0.6 is 0 Å². The van der Waals surface area contributed by atoms with Gasteiger partial charge in [0.05, 0.1) is 6.10 Å². The Morgan fingerprint density at radius 2 is 2.46 bits per heavy atom. The smallest absolute Gasteiger partial charge is 0.0636 e. The number of hydrogen-bond donors (Lipinski definition) is 2. The minimum Gasteiger partial charge on any atom is -0.392 e. The Kier molecular flexibility index (Phi) is 3.92. The number of rotatable bonds is 5. The molecule has 13 heavy (non-hydrogen) atoms. The van der Waals surface area contributed by atoms with Crippen LogP contribution in [0.25, 0.3) is 0 Å². The molecule has 0 spiro atoms. The maximum atomic E-state index is 8.98. The van der Waals surface area contributed by atoms with Crippen LogP contribution in [-0.4, -0.2) is 34.1 Å². The highest BCUT2D eigenvalue weighted by Crippen LogP contribution is 1.95. The van der Waals surface area contributed by atoms with Crippen LogP contribution in [0.5, 0.6) is 0 Å². The van der Waals surface area contributed by atoms with Crippen molar-refractivity contribution in [3.05, 3.63) is 18.0 Å². The van der Waals surface area contributed by atoms with Crippen LogP contribution < -0.4 is 5.32 Å². The van der Waals surface area contributed by atoms with Crippen molar-refractivity contribution in [1.82, 2.24) is 15.1 Å². The summed E-state index contributed by atoms with van der Waals surface area (Å²) in [5, 5.41) is 16.2. The van der Waals surface area contributed by atoms with Crippen molar-refractivity contribution in [3.8, 4) is 0 Å². The second kappa shape index (κ2) is 4.99. The fourth-order valence-corrected chi connectivity index (χ4v) is 1.17. The molecule has 0 aliphatic carbocycles. The van der Waals surface area contributed by atoms with Gasteiger partial charge in [0.1, 0.15) is 0 Å². The molecule has 0 radical (unpaired) electrons. The van der Waals surface area contributed by atoms with Crippen molar-refractivity contribution in [1.29, 1.82) is 0 Å². The van der Waals surface area contributed by atoms with E-state index < -0.39 is 0 Å². The van der Waals surface area contributed by atoms with E-state index in [1.807, 2.05) is 17.8 Å². The zero-order valence-electron chi connectivity index (χ0n) is 8.20. The molecule has 1 heterocycles. The van der Waals surface area contributed by atoms with Crippen LogP contribution in [0.15, 0.2) is 12.3 Å². The van der Waals surface area contributed by atoms with Gasteiger partial charge in [-0.1, -0.05) is 0 Å². The van der Waals surface area contributed by atoms with E-state index in [1.165, 1.54) is 5.69 Å². The lowest BCUT2D eigenvalue weighted by Crippen LogP contribution is -2.26. The Bertz CT molecular complexity index is 245. The van der Waals surface area contributed by atoms with Gasteiger partial charge in [-0.25, -0.2) is 0 Å². The Hall–Kier alpha value is -0.870. The summed E-state index contributed by atoms with van der Waals surface area (Å²) in [6.45, 7) is 3.30. The molecule has 0 aromatic carbocycles. The van der Waals surface area contributed by atoms with Crippen molar-refractivity contribution < 1.29 is 5.11 Å². The number of aliphatic hydroxyl groups is 1. The third-order valence-electron chi connectivity index (χ3n) is 1.92. The maximum Gasteiger partial charge on any atom is 0.0636 e. The second-order valence-corrected chi connectivity index (χ2v) is 3.25. The third-order valence-corrected chi connectivity index (χ3v) is 1.92. The molecule has 4 nitrogen and oxygen atoms in total. The fourth-order valence-electron chi connectivity index (χ4n) is 1.17. The molecule has 74 valence electrons. The number of hydrogen-bond acceptors (Lipinski definition) is 3. The number of nitrogens with zero attached hydrogens (tertiary/aromatic N) is 2. The molecule has 0 unspecified atom stereocenters. The summed E-state index contributed by atoms with van der Waals surface area (Å²) in [6.07, 6.45) is 2.47. The quantitative estimate of drug-likeness (QED) is 0.628. The van der Waals surface area contributed by atoms with Crippen molar-refractivity contribution in [2.75, 3.05) is 13.1 Å². The fraction of sp³-hybridized carbons (Fsp3) is 0.667. The van der Waals surface area contributed by atoms with Crippen molar-refractivity contribution >= 4 is 0 Å². The van der Waals surface area contributed by atoms with Gasteiger partial charge in [0, 0.05) is 38.4 Å². The molecule has 0 aliphatic rings. The zero-order chi connectivity index (χ0) is 9.68. The summed E-state index contributed by atoms with van der Waals surface area (Å²) >= 11 is 0. The minimum atomic E-state index is -0.272. The first-order chi connectivity index (χ1) is 6.20. The van der Waals surface area contributed by atoms with Gasteiger partial charge in [-0.2, -0.15) is 5.10 Å². The van der Waals surface area contributed by atoms with E-state index in [0.29, 0.717) is 6.54 Å². The lowest BCUT2D eigenvalue weighted by molar-refractivity contribution is 0.191. The van der Waals surface area contributed by atoms with E-state index >= 15 is 0 Å². The average Bonchev–Trinajstić information content (AvgIpc) is 2.45. The largest absolute Gasteiger partial charge is 0.392 e. The summed E-state index contributed by atoms with van der Waals surface area (Å²) in [4.78, 5) is 0. The Morgan fingerprint density at radius 1 is 1.69 bits per heavy atom. The lowest BCUT2D eigenvalue weighted by atomic mass is 10.3. The van der Waals surface area contributed by atoms with Crippen molar-refractivity contribution in [3.63, 3.8) is 0 Å². The Morgan fingerprint density at radius 3 is 3.00 bits per heavy atom. The topological polar surface area (TPSA) is 50.1 Å². The van der Waals surface area contributed by atoms with E-state index in [2.05, 4.69) is 10.4 Å². The zero-order valence-corrected chi connectivity index (χ0v) is 8.20. The minimum absolute atomic E-state index is 0.272. The summed E-state index contributed by atoms with van der Waals surface area (Å²) in [5.41, 5.74) is 1.21. The van der Waals surface area contributed by atoms with Crippen LogP contribution in [0.2, 0.25) is 0 Å². The molecule has 0 aliphatic heterocycles. The normalized spacial score (nSPS) is 13.2. The molecular formula is C9H17N3O. The molecule has 1 rings (SSSR count). The van der Waals surface area contributed by atoms with E-state index in [4.69, 9.17) is 5.11 Å². The summed E-state index contributed by atoms with van der Waals surface area (Å²) in [5.74, 6) is 0. The molecule has 1 aromatic rings. The summed E-state index contributed by atoms with van der Waals surface area (Å²) < 4.78 is 1.87. The first-order valence-electron chi connectivity index (χ1n) is 4.56. The van der Waals surface area contributed by atoms with Crippen LogP contribution in [0, 0.1) is 0 Å². The molecule has 1 atom stereocenters. The standard InChI is InChI=1S/C9H17N3O/c1-8(13)7-10-5-3-9-4-6-11-12(9)2/h4,6,8,10,13H,3,5,7H2,1-2H3/t8-/m1/s1. The molecule has 2 N–H and O–H groups in total. The lowest BCUT2D eigenvalue weighted by Gasteiger charge is -2.06. The predicted molar refractivity (Wildman–Crippen MR) is 51.5 cm³/mol. The summed E-state index contributed by atoms with van der Waals surface area (Å²) in [7, 11) is 1.93. The number of aromatic nitrogens is 2. The van der Waals surface area contributed by atoms with Crippen LogP contribution in [-0.2, 0) is 13.5 Å². The van der Waals surface area contributed by atoms with Gasteiger partial charge in [-0.3, -0.25) is 4.68 Å². The van der Waals surface area contributed by atoms with Crippen molar-refractivity contribution in [2.24, 2.45) is 7.05 Å². The number of nitrogens with one attached hydrogen (secondary N) is 1. The number of aryl methyl sites for hydroxylation is 1. The Balaban J connectivity index is 2.17. The Labute approximate surface area is 78.6 Å². The maximum absolute atomic E-state index is 8.98. The molecular weight excluding hydrogens is 166 g/mol. The second-order valence-electron chi connectivity index (χ2n) is 3.25. The van der Waals surface area contributed by atoms with E-state index in [-0.39, 0.29) is 6.10 Å². The van der Waals surface area contributed by atoms with Gasteiger partial charge in [0.25, 0.3) is 0 Å². The van der Waals surface area contributed by atoms with Gasteiger partial charge in [0.2, 0.25) is 0 Å². The first-order valence-corrected chi connectivity index (χ1v) is 4.56. The molecule has 1 aromatic heterocycles. The average molecular weight is 183 g/mol. The van der Waals surface area contributed by atoms with Gasteiger partial charge in [0.15, 0.2) is 0 Å². The predicted octanol–water partition coefficient (Wildman–Crippen LogP) is -0.0670.